The van der Waals surface area contributed by atoms with Gasteiger partial charge in [-0.1, -0.05) is 55.4 Å². The van der Waals surface area contributed by atoms with Crippen LogP contribution in [0, 0.1) is 22.7 Å². The van der Waals surface area contributed by atoms with Crippen LogP contribution in [0.3, 0.4) is 0 Å². The Morgan fingerprint density at radius 3 is 1.38 bits per heavy atom. The number of rotatable bonds is 5. The van der Waals surface area contributed by atoms with E-state index in [0.717, 1.165) is 0 Å². The lowest BCUT2D eigenvalue weighted by atomic mass is 9.71. The molecule has 1 nitrogen and oxygen atoms in total. The molecule has 3 atom stereocenters. The molecule has 0 rings (SSSR count). The zero-order chi connectivity index (χ0) is 19.7. The zero-order valence-electron chi connectivity index (χ0n) is 15.7. The van der Waals surface area contributed by atoms with E-state index in [0.29, 0.717) is 0 Å². The van der Waals surface area contributed by atoms with E-state index in [1.807, 2.05) is 27.7 Å². The maximum Gasteiger partial charge on any atom is 0.423 e. The van der Waals surface area contributed by atoms with Crippen molar-refractivity contribution in [1.82, 2.24) is 0 Å². The summed E-state index contributed by atoms with van der Waals surface area (Å²) < 4.78 is 81.9. The van der Waals surface area contributed by atoms with Crippen LogP contribution in [0.15, 0.2) is 0 Å². The van der Waals surface area contributed by atoms with Gasteiger partial charge in [-0.15, -0.1) is 0 Å². The van der Waals surface area contributed by atoms with E-state index < -0.39 is 35.9 Å². The van der Waals surface area contributed by atoms with Gasteiger partial charge in [-0.05, 0) is 29.1 Å². The van der Waals surface area contributed by atoms with Crippen LogP contribution in [0.25, 0.3) is 0 Å². The maximum atomic E-state index is 12.9. The lowest BCUT2D eigenvalue weighted by molar-refractivity contribution is -0.336. The van der Waals surface area contributed by atoms with Crippen molar-refractivity contribution in [3.8, 4) is 0 Å². The second-order valence-electron chi connectivity index (χ2n) is 8.92. The van der Waals surface area contributed by atoms with Gasteiger partial charge in [0.1, 0.15) is 0 Å². The molecule has 0 fully saturated rings. The van der Waals surface area contributed by atoms with Crippen molar-refractivity contribution in [1.29, 1.82) is 0 Å². The predicted molar refractivity (Wildman–Crippen MR) is 82.6 cm³/mol. The maximum absolute atomic E-state index is 12.9. The third-order valence-corrected chi connectivity index (χ3v) is 4.46. The van der Waals surface area contributed by atoms with Crippen LogP contribution in [0.2, 0.25) is 0 Å². The topological polar surface area (TPSA) is 9.23 Å². The average Bonchev–Trinajstić information content (AvgIpc) is 2.26. The fourth-order valence-corrected chi connectivity index (χ4v) is 2.59. The summed E-state index contributed by atoms with van der Waals surface area (Å²) in [5.74, 6) is -0.580. The van der Waals surface area contributed by atoms with Gasteiger partial charge in [0, 0.05) is 0 Å². The average molecular weight is 364 g/mol. The Bertz CT molecular complexity index is 372. The van der Waals surface area contributed by atoms with Crippen LogP contribution in [-0.4, -0.2) is 24.6 Å². The first-order chi connectivity index (χ1) is 10.3. The van der Waals surface area contributed by atoms with Gasteiger partial charge in [0.2, 0.25) is 6.10 Å². The molecular weight excluding hydrogens is 334 g/mol. The quantitative estimate of drug-likeness (QED) is 0.498. The molecule has 24 heavy (non-hydrogen) atoms. The second-order valence-corrected chi connectivity index (χ2v) is 8.92. The molecule has 0 heterocycles. The minimum atomic E-state index is -5.49. The van der Waals surface area contributed by atoms with Gasteiger partial charge in [-0.3, -0.25) is 0 Å². The number of hydrogen-bond acceptors (Lipinski definition) is 1. The lowest BCUT2D eigenvalue weighted by Gasteiger charge is -2.40. The normalized spacial score (nSPS) is 18.6. The minimum Gasteiger partial charge on any atom is -0.357 e. The van der Waals surface area contributed by atoms with E-state index in [-0.39, 0.29) is 17.8 Å². The summed E-state index contributed by atoms with van der Waals surface area (Å²) in [7, 11) is 0. The Morgan fingerprint density at radius 1 is 0.750 bits per heavy atom. The molecular formula is C17H30F6O. The van der Waals surface area contributed by atoms with Gasteiger partial charge in [-0.2, -0.15) is 26.3 Å². The molecule has 0 aliphatic carbocycles. The van der Waals surface area contributed by atoms with E-state index in [1.165, 1.54) is 0 Å². The SMILES string of the molecule is CC(C(CC(C)(C)C)OC(C(F)(F)F)C(F)(F)F)C(C)C(C)(C)C. The van der Waals surface area contributed by atoms with Crippen LogP contribution in [0.5, 0.6) is 0 Å². The zero-order valence-corrected chi connectivity index (χ0v) is 15.7. The first kappa shape index (κ1) is 23.5. The highest BCUT2D eigenvalue weighted by Gasteiger charge is 2.59. The van der Waals surface area contributed by atoms with Crippen LogP contribution >= 0.6 is 0 Å². The van der Waals surface area contributed by atoms with E-state index in [9.17, 15) is 26.3 Å². The van der Waals surface area contributed by atoms with Crippen molar-refractivity contribution in [3.05, 3.63) is 0 Å². The first-order valence-electron chi connectivity index (χ1n) is 8.05. The van der Waals surface area contributed by atoms with Crippen molar-refractivity contribution in [3.63, 3.8) is 0 Å². The molecule has 0 N–H and O–H groups in total. The van der Waals surface area contributed by atoms with Gasteiger partial charge in [0.25, 0.3) is 0 Å². The van der Waals surface area contributed by atoms with Gasteiger partial charge in [-0.25, -0.2) is 0 Å². The Labute approximate surface area is 141 Å². The van der Waals surface area contributed by atoms with Crippen LogP contribution in [0.1, 0.15) is 61.8 Å². The molecule has 0 amide bonds. The molecule has 0 aliphatic rings. The van der Waals surface area contributed by atoms with Gasteiger partial charge < -0.3 is 4.74 Å². The minimum absolute atomic E-state index is 0.108. The van der Waals surface area contributed by atoms with Crippen LogP contribution < -0.4 is 0 Å². The fourth-order valence-electron chi connectivity index (χ4n) is 2.59. The summed E-state index contributed by atoms with van der Waals surface area (Å²) in [6, 6.07) is 0. The third kappa shape index (κ3) is 7.62. The third-order valence-electron chi connectivity index (χ3n) is 4.46. The lowest BCUT2D eigenvalue weighted by Crippen LogP contribution is -2.49. The molecule has 0 saturated carbocycles. The Kier molecular flexibility index (Phi) is 7.28. The first-order valence-corrected chi connectivity index (χ1v) is 8.05. The van der Waals surface area contributed by atoms with E-state index in [2.05, 4.69) is 4.74 Å². The van der Waals surface area contributed by atoms with Crippen LogP contribution in [0.4, 0.5) is 26.3 Å². The highest BCUT2D eigenvalue weighted by Crippen LogP contribution is 2.42. The fraction of sp³-hybridized carbons (Fsp3) is 1.00. The smallest absolute Gasteiger partial charge is 0.357 e. The number of halogens is 6. The highest BCUT2D eigenvalue weighted by molar-refractivity contribution is 4.86. The Balaban J connectivity index is 5.64. The molecule has 0 aliphatic heterocycles. The standard InChI is InChI=1S/C17H30F6O/c1-10(11(2)15(6,7)8)12(9-14(3,4)5)24-13(16(18,19)20)17(21,22)23/h10-13H,9H2,1-8H3. The Hall–Kier alpha value is -0.460. The van der Waals surface area contributed by atoms with Gasteiger partial charge in [0.15, 0.2) is 0 Å². The molecule has 7 heteroatoms. The van der Waals surface area contributed by atoms with E-state index >= 15 is 0 Å². The van der Waals surface area contributed by atoms with Crippen molar-refractivity contribution < 1.29 is 31.1 Å². The van der Waals surface area contributed by atoms with E-state index in [1.54, 1.807) is 27.7 Å². The van der Waals surface area contributed by atoms with E-state index in [4.69, 9.17) is 0 Å². The molecule has 0 aromatic carbocycles. The molecule has 0 radical (unpaired) electrons. The van der Waals surface area contributed by atoms with Crippen molar-refractivity contribution in [2.45, 2.75) is 86.4 Å². The second kappa shape index (κ2) is 7.42. The monoisotopic (exact) mass is 364 g/mol. The molecule has 0 aromatic heterocycles. The summed E-state index contributed by atoms with van der Waals surface area (Å²) in [5.41, 5.74) is -0.719. The predicted octanol–water partition coefficient (Wildman–Crippen LogP) is 6.62. The summed E-state index contributed by atoms with van der Waals surface area (Å²) in [6.45, 7) is 14.5. The van der Waals surface area contributed by atoms with Crippen molar-refractivity contribution in [2.24, 2.45) is 22.7 Å². The summed E-state index contributed by atoms with van der Waals surface area (Å²) >= 11 is 0. The molecule has 0 spiro atoms. The van der Waals surface area contributed by atoms with Crippen LogP contribution in [-0.2, 0) is 4.74 Å². The molecule has 0 bridgehead atoms. The number of alkyl halides is 6. The highest BCUT2D eigenvalue weighted by atomic mass is 19.4. The summed E-state index contributed by atoms with van der Waals surface area (Å²) in [4.78, 5) is 0. The summed E-state index contributed by atoms with van der Waals surface area (Å²) in [6.07, 6.45) is -15.8. The van der Waals surface area contributed by atoms with Gasteiger partial charge in [0.05, 0.1) is 6.10 Å². The molecule has 0 saturated heterocycles. The molecule has 3 unspecified atom stereocenters. The van der Waals surface area contributed by atoms with Crippen molar-refractivity contribution in [2.75, 3.05) is 0 Å². The number of ether oxygens (including phenoxy) is 1. The summed E-state index contributed by atoms with van der Waals surface area (Å²) in [5, 5.41) is 0. The largest absolute Gasteiger partial charge is 0.423 e. The molecule has 146 valence electrons. The number of hydrogen-bond donors (Lipinski definition) is 0. The Morgan fingerprint density at radius 2 is 1.12 bits per heavy atom. The van der Waals surface area contributed by atoms with Gasteiger partial charge >= 0.3 is 12.4 Å². The molecule has 0 aromatic rings. The van der Waals surface area contributed by atoms with Crippen molar-refractivity contribution >= 4 is 0 Å².